The van der Waals surface area contributed by atoms with E-state index in [2.05, 4.69) is 21.2 Å². The second-order valence-corrected chi connectivity index (χ2v) is 5.01. The number of nitrogens with one attached hydrogen (secondary N) is 1. The van der Waals surface area contributed by atoms with Gasteiger partial charge < -0.3 is 20.1 Å². The quantitative estimate of drug-likeness (QED) is 0.840. The third-order valence-corrected chi connectivity index (χ3v) is 3.15. The average molecular weight is 331 g/mol. The molecule has 0 saturated heterocycles. The number of aliphatic hydroxyl groups is 1. The number of aryl methyl sites for hydroxylation is 1. The van der Waals surface area contributed by atoms with E-state index >= 15 is 0 Å². The van der Waals surface area contributed by atoms with Crippen LogP contribution in [0.4, 0.5) is 10.5 Å². The Balaban J connectivity index is 2.69. The number of carbonyl (C=O) groups excluding carboxylic acids is 1. The number of aliphatic hydroxyl groups excluding tert-OH is 1. The molecular weight excluding hydrogens is 312 g/mol. The molecule has 0 aliphatic heterocycles. The van der Waals surface area contributed by atoms with Gasteiger partial charge in [-0.2, -0.15) is 0 Å². The molecule has 0 aromatic heterocycles. The molecule has 6 heteroatoms. The molecule has 0 atom stereocenters. The minimum Gasteiger partial charge on any atom is -0.395 e. The lowest BCUT2D eigenvalue weighted by Gasteiger charge is -2.22. The maximum absolute atomic E-state index is 12.1. The standard InChI is InChI=1S/C13H19BrN2O3/c1-10-9-11(14)3-4-12(10)15-13(18)16(5-7-17)6-8-19-2/h3-4,9,17H,5-8H2,1-2H3,(H,15,18). The molecule has 0 unspecified atom stereocenters. The summed E-state index contributed by atoms with van der Waals surface area (Å²) < 4.78 is 5.92. The maximum atomic E-state index is 12.1. The third-order valence-electron chi connectivity index (χ3n) is 2.65. The number of anilines is 1. The molecule has 1 aromatic carbocycles. The normalized spacial score (nSPS) is 10.3. The summed E-state index contributed by atoms with van der Waals surface area (Å²) in [6.07, 6.45) is 0. The SMILES string of the molecule is COCCN(CCO)C(=O)Nc1ccc(Br)cc1C. The van der Waals surface area contributed by atoms with Gasteiger partial charge in [0.1, 0.15) is 0 Å². The Labute approximate surface area is 121 Å². The molecule has 19 heavy (non-hydrogen) atoms. The van der Waals surface area contributed by atoms with Crippen molar-refractivity contribution in [2.45, 2.75) is 6.92 Å². The van der Waals surface area contributed by atoms with Crippen LogP contribution in [0.25, 0.3) is 0 Å². The molecule has 0 heterocycles. The number of ether oxygens (including phenoxy) is 1. The lowest BCUT2D eigenvalue weighted by atomic mass is 10.2. The van der Waals surface area contributed by atoms with E-state index in [1.165, 1.54) is 4.90 Å². The first-order chi connectivity index (χ1) is 9.08. The second kappa shape index (κ2) is 8.14. The molecule has 0 fully saturated rings. The molecule has 1 rings (SSSR count). The van der Waals surface area contributed by atoms with Gasteiger partial charge in [0, 0.05) is 30.4 Å². The summed E-state index contributed by atoms with van der Waals surface area (Å²) in [5, 5.41) is 11.8. The van der Waals surface area contributed by atoms with Gasteiger partial charge in [-0.15, -0.1) is 0 Å². The number of amides is 2. The van der Waals surface area contributed by atoms with Crippen molar-refractivity contribution in [3.05, 3.63) is 28.2 Å². The maximum Gasteiger partial charge on any atom is 0.322 e. The summed E-state index contributed by atoms with van der Waals surface area (Å²) in [5.74, 6) is 0. The van der Waals surface area contributed by atoms with Crippen molar-refractivity contribution in [3.8, 4) is 0 Å². The highest BCUT2D eigenvalue weighted by Gasteiger charge is 2.13. The largest absolute Gasteiger partial charge is 0.395 e. The Morgan fingerprint density at radius 2 is 2.21 bits per heavy atom. The van der Waals surface area contributed by atoms with Crippen LogP contribution in [0.5, 0.6) is 0 Å². The van der Waals surface area contributed by atoms with Crippen LogP contribution in [0.1, 0.15) is 5.56 Å². The zero-order valence-electron chi connectivity index (χ0n) is 11.1. The van der Waals surface area contributed by atoms with Gasteiger partial charge in [0.2, 0.25) is 0 Å². The van der Waals surface area contributed by atoms with Crippen molar-refractivity contribution in [1.29, 1.82) is 0 Å². The van der Waals surface area contributed by atoms with Crippen LogP contribution < -0.4 is 5.32 Å². The Kier molecular flexibility index (Phi) is 6.83. The summed E-state index contributed by atoms with van der Waals surface area (Å²) in [6.45, 7) is 3.01. The molecule has 2 N–H and O–H groups in total. The van der Waals surface area contributed by atoms with Crippen LogP contribution in [-0.4, -0.2) is 49.5 Å². The van der Waals surface area contributed by atoms with Crippen molar-refractivity contribution in [2.75, 3.05) is 38.7 Å². The summed E-state index contributed by atoms with van der Waals surface area (Å²) in [7, 11) is 1.58. The van der Waals surface area contributed by atoms with Gasteiger partial charge in [-0.05, 0) is 30.7 Å². The Morgan fingerprint density at radius 1 is 1.47 bits per heavy atom. The summed E-state index contributed by atoms with van der Waals surface area (Å²) >= 11 is 3.38. The minimum absolute atomic E-state index is 0.0730. The van der Waals surface area contributed by atoms with E-state index in [0.717, 1.165) is 15.7 Å². The van der Waals surface area contributed by atoms with Gasteiger partial charge in [0.25, 0.3) is 0 Å². The first kappa shape index (κ1) is 15.9. The van der Waals surface area contributed by atoms with Gasteiger partial charge in [0.05, 0.1) is 13.2 Å². The van der Waals surface area contributed by atoms with Crippen LogP contribution in [0.2, 0.25) is 0 Å². The molecule has 5 nitrogen and oxygen atoms in total. The number of hydrogen-bond donors (Lipinski definition) is 2. The van der Waals surface area contributed by atoms with Crippen molar-refractivity contribution in [2.24, 2.45) is 0 Å². The Bertz CT molecular complexity index is 426. The second-order valence-electron chi connectivity index (χ2n) is 4.09. The van der Waals surface area contributed by atoms with Gasteiger partial charge in [0.15, 0.2) is 0 Å². The zero-order valence-corrected chi connectivity index (χ0v) is 12.7. The first-order valence-corrected chi connectivity index (χ1v) is 6.79. The number of carbonyl (C=O) groups is 1. The number of benzene rings is 1. The van der Waals surface area contributed by atoms with E-state index in [4.69, 9.17) is 9.84 Å². The number of halogens is 1. The number of urea groups is 1. The summed E-state index contributed by atoms with van der Waals surface area (Å²) in [4.78, 5) is 13.6. The smallest absolute Gasteiger partial charge is 0.322 e. The molecule has 2 amide bonds. The van der Waals surface area contributed by atoms with E-state index in [1.807, 2.05) is 25.1 Å². The predicted molar refractivity (Wildman–Crippen MR) is 78.4 cm³/mol. The summed E-state index contributed by atoms with van der Waals surface area (Å²) in [6, 6.07) is 5.40. The van der Waals surface area contributed by atoms with Crippen LogP contribution in [0.15, 0.2) is 22.7 Å². The van der Waals surface area contributed by atoms with E-state index < -0.39 is 0 Å². The molecule has 0 radical (unpaired) electrons. The molecule has 0 spiro atoms. The number of hydrogen-bond acceptors (Lipinski definition) is 3. The molecule has 0 bridgehead atoms. The molecule has 0 saturated carbocycles. The third kappa shape index (κ3) is 5.18. The zero-order chi connectivity index (χ0) is 14.3. The fraction of sp³-hybridized carbons (Fsp3) is 0.462. The Morgan fingerprint density at radius 3 is 2.79 bits per heavy atom. The average Bonchev–Trinajstić information content (AvgIpc) is 2.37. The molecule has 106 valence electrons. The molecule has 1 aromatic rings. The van der Waals surface area contributed by atoms with Gasteiger partial charge >= 0.3 is 6.03 Å². The fourth-order valence-electron chi connectivity index (χ4n) is 1.60. The number of rotatable bonds is 6. The molecule has 0 aliphatic carbocycles. The van der Waals surface area contributed by atoms with E-state index in [9.17, 15) is 4.79 Å². The van der Waals surface area contributed by atoms with E-state index in [0.29, 0.717) is 13.2 Å². The fourth-order valence-corrected chi connectivity index (χ4v) is 2.07. The molecular formula is C13H19BrN2O3. The minimum atomic E-state index is -0.239. The topological polar surface area (TPSA) is 61.8 Å². The van der Waals surface area contributed by atoms with Gasteiger partial charge in [-0.3, -0.25) is 0 Å². The highest BCUT2D eigenvalue weighted by Crippen LogP contribution is 2.20. The van der Waals surface area contributed by atoms with Crippen molar-refractivity contribution < 1.29 is 14.6 Å². The first-order valence-electron chi connectivity index (χ1n) is 6.00. The monoisotopic (exact) mass is 330 g/mol. The van der Waals surface area contributed by atoms with Crippen molar-refractivity contribution in [1.82, 2.24) is 4.90 Å². The van der Waals surface area contributed by atoms with Crippen LogP contribution in [0, 0.1) is 6.92 Å². The highest BCUT2D eigenvalue weighted by molar-refractivity contribution is 9.10. The predicted octanol–water partition coefficient (Wildman–Crippen LogP) is 2.23. The van der Waals surface area contributed by atoms with Crippen LogP contribution >= 0.6 is 15.9 Å². The number of methoxy groups -OCH3 is 1. The van der Waals surface area contributed by atoms with E-state index in [-0.39, 0.29) is 19.2 Å². The van der Waals surface area contributed by atoms with Crippen LogP contribution in [0.3, 0.4) is 0 Å². The highest BCUT2D eigenvalue weighted by atomic mass is 79.9. The van der Waals surface area contributed by atoms with Crippen LogP contribution in [-0.2, 0) is 4.74 Å². The lowest BCUT2D eigenvalue weighted by Crippen LogP contribution is -2.39. The van der Waals surface area contributed by atoms with E-state index in [1.54, 1.807) is 7.11 Å². The summed E-state index contributed by atoms with van der Waals surface area (Å²) in [5.41, 5.74) is 1.73. The van der Waals surface area contributed by atoms with Gasteiger partial charge in [-0.25, -0.2) is 4.79 Å². The van der Waals surface area contributed by atoms with Crippen molar-refractivity contribution >= 4 is 27.6 Å². The van der Waals surface area contributed by atoms with Crippen molar-refractivity contribution in [3.63, 3.8) is 0 Å². The molecule has 0 aliphatic rings. The lowest BCUT2D eigenvalue weighted by molar-refractivity contribution is 0.142. The number of nitrogens with zero attached hydrogens (tertiary/aromatic N) is 1. The Hall–Kier alpha value is -1.11. The van der Waals surface area contributed by atoms with Gasteiger partial charge in [-0.1, -0.05) is 15.9 Å².